The smallest absolute Gasteiger partial charge is 0.282 e. The van der Waals surface area contributed by atoms with Crippen LogP contribution in [0.15, 0.2) is 4.79 Å². The zero-order chi connectivity index (χ0) is 6.85. The van der Waals surface area contributed by atoms with E-state index in [2.05, 4.69) is 22.3 Å². The summed E-state index contributed by atoms with van der Waals surface area (Å²) in [7, 11) is 0. The summed E-state index contributed by atoms with van der Waals surface area (Å²) in [5.74, 6) is 0. The predicted molar refractivity (Wildman–Crippen MR) is 35.9 cm³/mol. The van der Waals surface area contributed by atoms with Gasteiger partial charge in [-0.1, -0.05) is 0 Å². The summed E-state index contributed by atoms with van der Waals surface area (Å²) in [5, 5.41) is 2.66. The lowest BCUT2D eigenvalue weighted by Gasteiger charge is -1.87. The van der Waals surface area contributed by atoms with Gasteiger partial charge in [0.1, 0.15) is 0 Å². The van der Waals surface area contributed by atoms with Crippen LogP contribution in [-0.4, -0.2) is 14.8 Å². The van der Waals surface area contributed by atoms with Crippen LogP contribution in [0.2, 0.25) is 0 Å². The first-order valence-electron chi connectivity index (χ1n) is 2.63. The van der Waals surface area contributed by atoms with E-state index in [0.717, 1.165) is 0 Å². The molecule has 0 aliphatic heterocycles. The highest BCUT2D eigenvalue weighted by molar-refractivity contribution is 7.71. The molecule has 0 atom stereocenters. The van der Waals surface area contributed by atoms with Gasteiger partial charge in [0.2, 0.25) is 0 Å². The van der Waals surface area contributed by atoms with Crippen LogP contribution in [0.5, 0.6) is 0 Å². The molecule has 0 aliphatic rings. The molecule has 4 nitrogen and oxygen atoms in total. The predicted octanol–water partition coefficient (Wildman–Crippen LogP) is 0.254. The highest BCUT2D eigenvalue weighted by Crippen LogP contribution is 1.72. The summed E-state index contributed by atoms with van der Waals surface area (Å²) in [5.41, 5.74) is -0.178. The maximum absolute atomic E-state index is 10.7. The molecule has 1 rings (SSSR count). The van der Waals surface area contributed by atoms with Crippen LogP contribution in [0.25, 0.3) is 0 Å². The van der Waals surface area contributed by atoms with Gasteiger partial charge >= 0.3 is 5.69 Å². The summed E-state index contributed by atoms with van der Waals surface area (Å²) in [4.78, 5) is 13.1. The third kappa shape index (κ3) is 1.10. The number of nitrogens with one attached hydrogen (secondary N) is 2. The van der Waals surface area contributed by atoms with E-state index in [4.69, 9.17) is 0 Å². The van der Waals surface area contributed by atoms with Crippen molar-refractivity contribution in [1.82, 2.24) is 14.8 Å². The van der Waals surface area contributed by atoms with Crippen LogP contribution < -0.4 is 5.69 Å². The monoisotopic (exact) mass is 145 g/mol. The van der Waals surface area contributed by atoms with Gasteiger partial charge in [-0.3, -0.25) is 10.1 Å². The second-order valence-electron chi connectivity index (χ2n) is 1.62. The van der Waals surface area contributed by atoms with Crippen molar-refractivity contribution in [3.8, 4) is 0 Å². The minimum atomic E-state index is -0.178. The number of hydrogen-bond acceptors (Lipinski definition) is 2. The lowest BCUT2D eigenvalue weighted by molar-refractivity contribution is 0.632. The van der Waals surface area contributed by atoms with Crippen LogP contribution in [0, 0.1) is 4.77 Å². The first kappa shape index (κ1) is 6.28. The molecule has 1 aromatic rings. The number of aryl methyl sites for hydroxylation is 1. The molecule has 0 unspecified atom stereocenters. The third-order valence-corrected chi connectivity index (χ3v) is 1.21. The molecule has 2 N–H and O–H groups in total. The highest BCUT2D eigenvalue weighted by Gasteiger charge is 1.90. The standard InChI is InChI=1S/C4H7N3OS/c1-2-7-4(8)5-3(9)6-7/h2H2,1H3,(H2,5,6,8,9). The maximum atomic E-state index is 10.7. The van der Waals surface area contributed by atoms with Gasteiger partial charge in [0.25, 0.3) is 0 Å². The van der Waals surface area contributed by atoms with E-state index in [1.54, 1.807) is 0 Å². The third-order valence-electron chi connectivity index (χ3n) is 1.02. The molecule has 1 aromatic heterocycles. The Morgan fingerprint density at radius 1 is 1.78 bits per heavy atom. The van der Waals surface area contributed by atoms with Gasteiger partial charge in [0.05, 0.1) is 0 Å². The summed E-state index contributed by atoms with van der Waals surface area (Å²) in [6, 6.07) is 0. The van der Waals surface area contributed by atoms with Crippen molar-refractivity contribution >= 4 is 12.2 Å². The topological polar surface area (TPSA) is 53.6 Å². The Morgan fingerprint density at radius 2 is 2.44 bits per heavy atom. The van der Waals surface area contributed by atoms with Gasteiger partial charge in [0, 0.05) is 6.54 Å². The molecule has 9 heavy (non-hydrogen) atoms. The zero-order valence-electron chi connectivity index (χ0n) is 4.97. The molecule has 0 aromatic carbocycles. The van der Waals surface area contributed by atoms with Crippen LogP contribution >= 0.6 is 12.2 Å². The molecule has 5 heteroatoms. The molecule has 0 aliphatic carbocycles. The molecular formula is C4H7N3OS. The first-order chi connectivity index (χ1) is 4.24. The Hall–Kier alpha value is -0.840. The Labute approximate surface area is 56.5 Å². The van der Waals surface area contributed by atoms with E-state index in [0.29, 0.717) is 11.3 Å². The molecule has 0 radical (unpaired) electrons. The minimum absolute atomic E-state index is 0.178. The van der Waals surface area contributed by atoms with Crippen molar-refractivity contribution < 1.29 is 0 Å². The van der Waals surface area contributed by atoms with Gasteiger partial charge in [-0.25, -0.2) is 9.48 Å². The summed E-state index contributed by atoms with van der Waals surface area (Å²) < 4.78 is 1.78. The summed E-state index contributed by atoms with van der Waals surface area (Å²) in [6.45, 7) is 2.48. The van der Waals surface area contributed by atoms with Gasteiger partial charge in [-0.2, -0.15) is 0 Å². The lowest BCUT2D eigenvalue weighted by Crippen LogP contribution is -2.16. The fourth-order valence-electron chi connectivity index (χ4n) is 0.589. The second kappa shape index (κ2) is 2.18. The molecule has 0 bridgehead atoms. The molecule has 1 heterocycles. The van der Waals surface area contributed by atoms with E-state index in [1.807, 2.05) is 6.92 Å². The highest BCUT2D eigenvalue weighted by atomic mass is 32.1. The molecule has 0 saturated heterocycles. The second-order valence-corrected chi connectivity index (χ2v) is 2.02. The SMILES string of the molecule is CCn1[nH]c(=S)[nH]c1=O. The van der Waals surface area contributed by atoms with Crippen molar-refractivity contribution in [1.29, 1.82) is 0 Å². The van der Waals surface area contributed by atoms with E-state index in [1.165, 1.54) is 4.68 Å². The van der Waals surface area contributed by atoms with E-state index in [9.17, 15) is 4.79 Å². The lowest BCUT2D eigenvalue weighted by atomic mass is 10.8. The van der Waals surface area contributed by atoms with Crippen LogP contribution in [0.1, 0.15) is 6.92 Å². The molecule has 0 amide bonds. The number of aromatic nitrogens is 3. The Kier molecular flexibility index (Phi) is 1.52. The van der Waals surface area contributed by atoms with Crippen molar-refractivity contribution in [2.75, 3.05) is 0 Å². The minimum Gasteiger partial charge on any atom is -0.282 e. The number of rotatable bonds is 1. The maximum Gasteiger partial charge on any atom is 0.342 e. The van der Waals surface area contributed by atoms with Gasteiger partial charge in [-0.05, 0) is 19.1 Å². The zero-order valence-corrected chi connectivity index (χ0v) is 5.79. The largest absolute Gasteiger partial charge is 0.342 e. The van der Waals surface area contributed by atoms with E-state index >= 15 is 0 Å². The fourth-order valence-corrected chi connectivity index (χ4v) is 0.786. The van der Waals surface area contributed by atoms with Crippen molar-refractivity contribution in [3.05, 3.63) is 15.3 Å². The normalized spacial score (nSPS) is 9.89. The Morgan fingerprint density at radius 3 is 2.67 bits per heavy atom. The number of H-pyrrole nitrogens is 2. The molecule has 0 saturated carbocycles. The Balaban J connectivity index is 3.33. The van der Waals surface area contributed by atoms with Crippen molar-refractivity contribution in [2.45, 2.75) is 13.5 Å². The van der Waals surface area contributed by atoms with Gasteiger partial charge < -0.3 is 0 Å². The average molecular weight is 145 g/mol. The fraction of sp³-hybridized carbons (Fsp3) is 0.500. The van der Waals surface area contributed by atoms with Crippen LogP contribution in [0.4, 0.5) is 0 Å². The van der Waals surface area contributed by atoms with E-state index in [-0.39, 0.29) is 5.69 Å². The molecular weight excluding hydrogens is 138 g/mol. The number of hydrogen-bond donors (Lipinski definition) is 2. The van der Waals surface area contributed by atoms with E-state index < -0.39 is 0 Å². The number of aromatic amines is 2. The quantitative estimate of drug-likeness (QED) is 0.557. The number of nitrogens with zero attached hydrogens (tertiary/aromatic N) is 1. The van der Waals surface area contributed by atoms with Crippen molar-refractivity contribution in [3.63, 3.8) is 0 Å². The van der Waals surface area contributed by atoms with Crippen LogP contribution in [0.3, 0.4) is 0 Å². The first-order valence-corrected chi connectivity index (χ1v) is 3.04. The Bertz CT molecular complexity index is 293. The molecule has 0 spiro atoms. The average Bonchev–Trinajstić information content (AvgIpc) is 2.10. The van der Waals surface area contributed by atoms with Gasteiger partial charge in [0.15, 0.2) is 4.77 Å². The van der Waals surface area contributed by atoms with Crippen molar-refractivity contribution in [2.24, 2.45) is 0 Å². The summed E-state index contributed by atoms with van der Waals surface area (Å²) in [6.07, 6.45) is 0. The summed E-state index contributed by atoms with van der Waals surface area (Å²) >= 11 is 4.65. The van der Waals surface area contributed by atoms with Crippen LogP contribution in [-0.2, 0) is 6.54 Å². The molecule has 50 valence electrons. The molecule has 0 fully saturated rings. The van der Waals surface area contributed by atoms with Gasteiger partial charge in [-0.15, -0.1) is 0 Å².